The molecule has 0 aliphatic rings. The maximum Gasteiger partial charge on any atom is 0.338 e. The molecule has 0 unspecified atom stereocenters. The number of ether oxygens (including phenoxy) is 3. The van der Waals surface area contributed by atoms with Crippen LogP contribution in [0.3, 0.4) is 0 Å². The van der Waals surface area contributed by atoms with E-state index in [-0.39, 0.29) is 35.7 Å². The van der Waals surface area contributed by atoms with Crippen molar-refractivity contribution >= 4 is 17.0 Å². The van der Waals surface area contributed by atoms with Crippen molar-refractivity contribution in [3.63, 3.8) is 0 Å². The summed E-state index contributed by atoms with van der Waals surface area (Å²) in [6.45, 7) is 5.95. The van der Waals surface area contributed by atoms with Gasteiger partial charge in [0.05, 0.1) is 35.2 Å². The normalized spacial score (nSPS) is 11.7. The lowest BCUT2D eigenvalue weighted by molar-refractivity contribution is 0.00696. The summed E-state index contributed by atoms with van der Waals surface area (Å²) in [5.41, 5.74) is 2.00. The fraction of sp³-hybridized carbons (Fsp3) is 0.243. The summed E-state index contributed by atoms with van der Waals surface area (Å²) in [7, 11) is 1.56. The molecule has 3 aromatic carbocycles. The van der Waals surface area contributed by atoms with Crippen molar-refractivity contribution < 1.29 is 32.2 Å². The lowest BCUT2D eigenvalue weighted by Gasteiger charge is -2.19. The second kappa shape index (κ2) is 13.9. The van der Waals surface area contributed by atoms with Crippen molar-refractivity contribution in [3.8, 4) is 22.8 Å². The number of aromatic nitrogens is 5. The number of nitrogens with zero attached hydrogens (tertiary/aromatic N) is 5. The molecule has 0 aliphatic heterocycles. The van der Waals surface area contributed by atoms with Gasteiger partial charge in [0.1, 0.15) is 35.5 Å². The largest absolute Gasteiger partial charge is 0.473 e. The van der Waals surface area contributed by atoms with Gasteiger partial charge in [-0.1, -0.05) is 12.1 Å². The van der Waals surface area contributed by atoms with Gasteiger partial charge in [-0.15, -0.1) is 0 Å². The average Bonchev–Trinajstić information content (AvgIpc) is 3.72. The first-order valence-electron chi connectivity index (χ1n) is 15.6. The summed E-state index contributed by atoms with van der Waals surface area (Å²) in [6, 6.07) is 16.6. The molecule has 49 heavy (non-hydrogen) atoms. The number of fused-ring (bicyclic) bond motifs is 1. The SMILES string of the molecule is COCCn1c(Cc2cc(F)c(-c3cccc(OCc4ccc(-n5ccnc5)cc4F)n3)cc2F)nc2ccc(C(=O)OC(C)(C)C)cc21. The van der Waals surface area contributed by atoms with Crippen LogP contribution < -0.4 is 4.74 Å². The number of esters is 1. The molecule has 6 rings (SSSR count). The summed E-state index contributed by atoms with van der Waals surface area (Å²) in [5.74, 6) is -1.69. The van der Waals surface area contributed by atoms with Gasteiger partial charge in [0, 0.05) is 55.3 Å². The van der Waals surface area contributed by atoms with Gasteiger partial charge in [0.15, 0.2) is 0 Å². The monoisotopic (exact) mass is 669 g/mol. The van der Waals surface area contributed by atoms with E-state index in [0.29, 0.717) is 46.8 Å². The second-order valence-electron chi connectivity index (χ2n) is 12.4. The van der Waals surface area contributed by atoms with E-state index in [0.717, 1.165) is 12.1 Å². The highest BCUT2D eigenvalue weighted by atomic mass is 19.1. The Morgan fingerprint density at radius 2 is 1.71 bits per heavy atom. The van der Waals surface area contributed by atoms with Gasteiger partial charge in [-0.2, -0.15) is 0 Å². The van der Waals surface area contributed by atoms with Crippen molar-refractivity contribution in [1.82, 2.24) is 24.1 Å². The zero-order valence-electron chi connectivity index (χ0n) is 27.4. The molecule has 0 aliphatic carbocycles. The number of methoxy groups -OCH3 is 1. The maximum absolute atomic E-state index is 15.6. The highest BCUT2D eigenvalue weighted by Gasteiger charge is 2.21. The van der Waals surface area contributed by atoms with E-state index in [1.165, 1.54) is 12.1 Å². The smallest absolute Gasteiger partial charge is 0.338 e. The molecule has 0 radical (unpaired) electrons. The second-order valence-corrected chi connectivity index (χ2v) is 12.4. The average molecular weight is 670 g/mol. The van der Waals surface area contributed by atoms with Gasteiger partial charge in [-0.3, -0.25) is 0 Å². The number of hydrogen-bond acceptors (Lipinski definition) is 7. The molecule has 0 saturated heterocycles. The number of halogens is 3. The minimum Gasteiger partial charge on any atom is -0.473 e. The van der Waals surface area contributed by atoms with Crippen LogP contribution in [-0.4, -0.2) is 49.4 Å². The van der Waals surface area contributed by atoms with Crippen LogP contribution in [0.4, 0.5) is 13.2 Å². The molecule has 0 spiro atoms. The van der Waals surface area contributed by atoms with Crippen molar-refractivity contribution in [2.75, 3.05) is 13.7 Å². The molecule has 9 nitrogen and oxygen atoms in total. The third-order valence-electron chi connectivity index (χ3n) is 7.68. The lowest BCUT2D eigenvalue weighted by atomic mass is 10.0. The Hall–Kier alpha value is -5.49. The van der Waals surface area contributed by atoms with Gasteiger partial charge in [-0.05, 0) is 74.9 Å². The predicted molar refractivity (Wildman–Crippen MR) is 177 cm³/mol. The molecule has 3 heterocycles. The van der Waals surface area contributed by atoms with Crippen LogP contribution in [0.1, 0.15) is 48.1 Å². The lowest BCUT2D eigenvalue weighted by Crippen LogP contribution is -2.23. The molecule has 0 saturated carbocycles. The van der Waals surface area contributed by atoms with Crippen LogP contribution in [0, 0.1) is 17.5 Å². The van der Waals surface area contributed by atoms with Crippen molar-refractivity contribution in [1.29, 1.82) is 0 Å². The summed E-state index contributed by atoms with van der Waals surface area (Å²) in [4.78, 5) is 25.7. The van der Waals surface area contributed by atoms with E-state index in [1.54, 1.807) is 93.6 Å². The molecule has 0 fully saturated rings. The first kappa shape index (κ1) is 33.4. The van der Waals surface area contributed by atoms with Gasteiger partial charge < -0.3 is 23.3 Å². The number of carbonyl (C=O) groups is 1. The molecule has 0 atom stereocenters. The third-order valence-corrected chi connectivity index (χ3v) is 7.68. The highest BCUT2D eigenvalue weighted by molar-refractivity contribution is 5.94. The van der Waals surface area contributed by atoms with Crippen LogP contribution in [0.5, 0.6) is 5.88 Å². The molecule has 12 heteroatoms. The molecule has 0 bridgehead atoms. The molecule has 0 N–H and O–H groups in total. The van der Waals surface area contributed by atoms with Crippen LogP contribution >= 0.6 is 0 Å². The zero-order valence-corrected chi connectivity index (χ0v) is 27.4. The molecule has 6 aromatic rings. The van der Waals surface area contributed by atoms with E-state index >= 15 is 8.78 Å². The highest BCUT2D eigenvalue weighted by Crippen LogP contribution is 2.29. The van der Waals surface area contributed by atoms with Crippen molar-refractivity contribution in [3.05, 3.63) is 125 Å². The Morgan fingerprint density at radius 3 is 2.45 bits per heavy atom. The third kappa shape index (κ3) is 7.65. The van der Waals surface area contributed by atoms with E-state index in [1.807, 2.05) is 4.57 Å². The number of imidazole rings is 2. The number of hydrogen-bond donors (Lipinski definition) is 0. The maximum atomic E-state index is 15.6. The molecule has 252 valence electrons. The number of carbonyl (C=O) groups excluding carboxylic acids is 1. The first-order valence-corrected chi connectivity index (χ1v) is 15.6. The first-order chi connectivity index (χ1) is 23.5. The minimum atomic E-state index is -0.686. The Balaban J connectivity index is 1.22. The minimum absolute atomic E-state index is 0.0228. The number of rotatable bonds is 11. The molecule has 3 aromatic heterocycles. The molecule has 0 amide bonds. The van der Waals surface area contributed by atoms with Crippen LogP contribution in [-0.2, 0) is 29.0 Å². The van der Waals surface area contributed by atoms with Gasteiger partial charge in [0.2, 0.25) is 5.88 Å². The van der Waals surface area contributed by atoms with E-state index in [4.69, 9.17) is 14.2 Å². The summed E-state index contributed by atoms with van der Waals surface area (Å²) < 4.78 is 66.0. The fourth-order valence-electron chi connectivity index (χ4n) is 5.32. The van der Waals surface area contributed by atoms with E-state index in [9.17, 15) is 9.18 Å². The topological polar surface area (TPSA) is 93.3 Å². The Kier molecular flexibility index (Phi) is 9.50. The predicted octanol–water partition coefficient (Wildman–Crippen LogP) is 7.47. The van der Waals surface area contributed by atoms with Gasteiger partial charge in [-0.25, -0.2) is 32.9 Å². The Bertz CT molecular complexity index is 2120. The summed E-state index contributed by atoms with van der Waals surface area (Å²) >= 11 is 0. The van der Waals surface area contributed by atoms with Gasteiger partial charge >= 0.3 is 5.97 Å². The van der Waals surface area contributed by atoms with Crippen LogP contribution in [0.25, 0.3) is 28.0 Å². The number of benzene rings is 3. The fourth-order valence-corrected chi connectivity index (χ4v) is 5.32. The molecular formula is C37H34F3N5O4. The summed E-state index contributed by atoms with van der Waals surface area (Å²) in [6.07, 6.45) is 4.85. The van der Waals surface area contributed by atoms with Gasteiger partial charge in [0.25, 0.3) is 0 Å². The standard InChI is InChI=1S/C37H34F3N5O4/c1-37(2,3)49-36(46)23-9-11-32-33(17-23)45(14-15-47-4)34(42-32)18-25-16-30(40)27(20-29(25)39)31-6-5-7-35(43-31)48-21-24-8-10-26(19-28(24)38)44-13-12-41-22-44/h5-13,16-17,19-20,22H,14-15,18,21H2,1-4H3. The van der Waals surface area contributed by atoms with Crippen LogP contribution in [0.15, 0.2) is 85.5 Å². The zero-order chi connectivity index (χ0) is 34.7. The molecular weight excluding hydrogens is 635 g/mol. The summed E-state index contributed by atoms with van der Waals surface area (Å²) in [5, 5.41) is 0. The number of pyridine rings is 1. The van der Waals surface area contributed by atoms with Crippen LogP contribution in [0.2, 0.25) is 0 Å². The Labute approximate surface area is 280 Å². The Morgan fingerprint density at radius 1 is 0.898 bits per heavy atom. The van der Waals surface area contributed by atoms with Crippen molar-refractivity contribution in [2.24, 2.45) is 0 Å². The van der Waals surface area contributed by atoms with Crippen molar-refractivity contribution in [2.45, 2.75) is 45.9 Å². The van der Waals surface area contributed by atoms with E-state index < -0.39 is 29.0 Å². The van der Waals surface area contributed by atoms with E-state index in [2.05, 4.69) is 15.0 Å². The quantitative estimate of drug-likeness (QED) is 0.132.